The molecule has 0 saturated carbocycles. The summed E-state index contributed by atoms with van der Waals surface area (Å²) < 4.78 is 10.9. The highest BCUT2D eigenvalue weighted by Crippen LogP contribution is 2.27. The third kappa shape index (κ3) is 3.11. The number of hydrogen-bond acceptors (Lipinski definition) is 9. The fourth-order valence-electron chi connectivity index (χ4n) is 2.22. The molecule has 0 saturated heterocycles. The van der Waals surface area contributed by atoms with E-state index in [4.69, 9.17) is 9.15 Å². The molecule has 0 spiro atoms. The highest BCUT2D eigenvalue weighted by atomic mass is 32.1. The van der Waals surface area contributed by atoms with E-state index < -0.39 is 22.3 Å². The summed E-state index contributed by atoms with van der Waals surface area (Å²) in [5, 5.41) is 14.8. The van der Waals surface area contributed by atoms with E-state index in [0.29, 0.717) is 15.3 Å². The Kier molecular flexibility index (Phi) is 4.63. The lowest BCUT2D eigenvalue weighted by atomic mass is 10.2. The zero-order chi connectivity index (χ0) is 18.8. The summed E-state index contributed by atoms with van der Waals surface area (Å²) in [6.45, 7) is 3.56. The van der Waals surface area contributed by atoms with E-state index in [1.807, 2.05) is 0 Å². The molecular weight excluding hydrogens is 364 g/mol. The number of hydrogen-bond donors (Lipinski definition) is 0. The normalized spacial score (nSPS) is 11.3. The van der Waals surface area contributed by atoms with Crippen LogP contribution in [0.4, 0.5) is 5.88 Å². The van der Waals surface area contributed by atoms with Crippen LogP contribution in [0.25, 0.3) is 10.2 Å². The van der Waals surface area contributed by atoms with Crippen LogP contribution in [-0.2, 0) is 4.74 Å². The van der Waals surface area contributed by atoms with Gasteiger partial charge in [-0.15, -0.1) is 11.3 Å². The summed E-state index contributed by atoms with van der Waals surface area (Å²) in [6.07, 6.45) is 2.36. The molecule has 26 heavy (non-hydrogen) atoms. The topological polar surface area (TPSA) is 130 Å². The number of thiophene rings is 1. The van der Waals surface area contributed by atoms with Crippen LogP contribution in [0.15, 0.2) is 32.8 Å². The molecule has 0 aliphatic carbocycles. The molecule has 10 nitrogen and oxygen atoms in total. The minimum atomic E-state index is -0.678. The maximum Gasteiger partial charge on any atom is 0.433 e. The summed E-state index contributed by atoms with van der Waals surface area (Å²) in [7, 11) is 0. The van der Waals surface area contributed by atoms with Crippen molar-refractivity contribution < 1.29 is 18.9 Å². The van der Waals surface area contributed by atoms with Crippen LogP contribution in [0, 0.1) is 17.0 Å². The Bertz CT molecular complexity index is 1090. The molecule has 11 heteroatoms. The van der Waals surface area contributed by atoms with Gasteiger partial charge in [0.2, 0.25) is 0 Å². The van der Waals surface area contributed by atoms with E-state index >= 15 is 0 Å². The third-order valence-electron chi connectivity index (χ3n) is 3.40. The van der Waals surface area contributed by atoms with Crippen molar-refractivity contribution in [3.63, 3.8) is 0 Å². The minimum absolute atomic E-state index is 0.109. The molecule has 3 rings (SSSR count). The number of furan rings is 1. The van der Waals surface area contributed by atoms with Crippen LogP contribution < -0.4 is 5.56 Å². The molecule has 0 unspecified atom stereocenters. The number of esters is 1. The van der Waals surface area contributed by atoms with Gasteiger partial charge in [0, 0.05) is 0 Å². The first-order valence-electron chi connectivity index (χ1n) is 7.38. The van der Waals surface area contributed by atoms with Gasteiger partial charge in [-0.2, -0.15) is 9.78 Å². The van der Waals surface area contributed by atoms with E-state index in [1.165, 1.54) is 18.5 Å². The first kappa shape index (κ1) is 17.5. The molecule has 0 bridgehead atoms. The maximum atomic E-state index is 12.6. The van der Waals surface area contributed by atoms with E-state index in [9.17, 15) is 19.7 Å². The molecule has 0 N–H and O–H groups in total. The first-order chi connectivity index (χ1) is 12.4. The molecule has 0 radical (unpaired) electrons. The number of aromatic nitrogens is 2. The predicted octanol–water partition coefficient (Wildman–Crippen LogP) is 2.33. The quantitative estimate of drug-likeness (QED) is 0.289. The molecule has 0 amide bonds. The summed E-state index contributed by atoms with van der Waals surface area (Å²) >= 11 is 1.07. The Balaban J connectivity index is 1.99. The van der Waals surface area contributed by atoms with Crippen LogP contribution in [-0.4, -0.2) is 33.4 Å². The van der Waals surface area contributed by atoms with Crippen LogP contribution in [0.5, 0.6) is 0 Å². The number of ether oxygens (including phenoxy) is 1. The van der Waals surface area contributed by atoms with E-state index in [1.54, 1.807) is 13.8 Å². The molecule has 0 aromatic carbocycles. The Labute approximate surface area is 149 Å². The Morgan fingerprint density at radius 3 is 2.96 bits per heavy atom. The van der Waals surface area contributed by atoms with Crippen molar-refractivity contribution in [3.05, 3.63) is 55.1 Å². The lowest BCUT2D eigenvalue weighted by Gasteiger charge is -1.99. The zero-order valence-corrected chi connectivity index (χ0v) is 14.5. The molecule has 134 valence electrons. The monoisotopic (exact) mass is 376 g/mol. The molecule has 0 aliphatic rings. The van der Waals surface area contributed by atoms with Gasteiger partial charge in [0.25, 0.3) is 5.56 Å². The number of nitrogens with zero attached hydrogens (tertiary/aromatic N) is 4. The summed E-state index contributed by atoms with van der Waals surface area (Å²) in [6, 6.07) is 2.54. The van der Waals surface area contributed by atoms with Crippen molar-refractivity contribution in [1.29, 1.82) is 0 Å². The SMILES string of the molecule is CCOC(=O)c1sc2ncn(N=Cc3ccc([N+](=O)[O-])o3)c(=O)c2c1C. The number of aryl methyl sites for hydroxylation is 1. The average molecular weight is 376 g/mol. The van der Waals surface area contributed by atoms with Gasteiger partial charge in [-0.3, -0.25) is 14.9 Å². The summed E-state index contributed by atoms with van der Waals surface area (Å²) in [4.78, 5) is 39.3. The summed E-state index contributed by atoms with van der Waals surface area (Å²) in [5.41, 5.74) is -0.00394. The Hall–Kier alpha value is -3.34. The number of carbonyl (C=O) groups excluding carboxylic acids is 1. The van der Waals surface area contributed by atoms with E-state index in [-0.39, 0.29) is 17.8 Å². The van der Waals surface area contributed by atoms with Crippen molar-refractivity contribution in [2.75, 3.05) is 6.61 Å². The van der Waals surface area contributed by atoms with E-state index in [2.05, 4.69) is 10.1 Å². The average Bonchev–Trinajstić information content (AvgIpc) is 3.20. The third-order valence-corrected chi connectivity index (χ3v) is 4.58. The molecule has 0 aliphatic heterocycles. The van der Waals surface area contributed by atoms with Crippen molar-refractivity contribution in [2.45, 2.75) is 13.8 Å². The first-order valence-corrected chi connectivity index (χ1v) is 8.20. The lowest BCUT2D eigenvalue weighted by molar-refractivity contribution is -0.402. The molecule has 0 fully saturated rings. The standard InChI is InChI=1S/C15H12N4O6S/c1-3-24-15(21)12-8(2)11-13(26-12)16-7-18(14(11)20)17-6-9-4-5-10(25-9)19(22)23/h4-7H,3H2,1-2H3. The molecule has 3 aromatic heterocycles. The van der Waals surface area contributed by atoms with Crippen LogP contribution in [0.1, 0.15) is 27.9 Å². The number of carbonyl (C=O) groups is 1. The second-order valence-electron chi connectivity index (χ2n) is 5.03. The number of fused-ring (bicyclic) bond motifs is 1. The smallest absolute Gasteiger partial charge is 0.433 e. The molecule has 3 aromatic rings. The van der Waals surface area contributed by atoms with Gasteiger partial charge >= 0.3 is 11.9 Å². The Morgan fingerprint density at radius 1 is 1.54 bits per heavy atom. The van der Waals surface area contributed by atoms with Crippen molar-refractivity contribution in [3.8, 4) is 0 Å². The number of nitro groups is 1. The highest BCUT2D eigenvalue weighted by molar-refractivity contribution is 7.20. The largest absolute Gasteiger partial charge is 0.462 e. The lowest BCUT2D eigenvalue weighted by Crippen LogP contribution is -2.17. The fraction of sp³-hybridized carbons (Fsp3) is 0.200. The maximum absolute atomic E-state index is 12.6. The van der Waals surface area contributed by atoms with Crippen molar-refractivity contribution in [1.82, 2.24) is 9.66 Å². The van der Waals surface area contributed by atoms with Crippen molar-refractivity contribution in [2.24, 2.45) is 5.10 Å². The summed E-state index contributed by atoms with van der Waals surface area (Å²) in [5.74, 6) is -0.830. The molecule has 3 heterocycles. The van der Waals surface area contributed by atoms with Crippen LogP contribution in [0.2, 0.25) is 0 Å². The minimum Gasteiger partial charge on any atom is -0.462 e. The molecular formula is C15H12N4O6S. The highest BCUT2D eigenvalue weighted by Gasteiger charge is 2.20. The van der Waals surface area contributed by atoms with Gasteiger partial charge in [0.05, 0.1) is 24.3 Å². The zero-order valence-electron chi connectivity index (χ0n) is 13.7. The second-order valence-corrected chi connectivity index (χ2v) is 6.03. The number of rotatable bonds is 5. The van der Waals surface area contributed by atoms with E-state index in [0.717, 1.165) is 22.2 Å². The van der Waals surface area contributed by atoms with Gasteiger partial charge in [-0.1, -0.05) is 0 Å². The van der Waals surface area contributed by atoms with Gasteiger partial charge in [0.15, 0.2) is 5.76 Å². The fourth-order valence-corrected chi connectivity index (χ4v) is 3.25. The van der Waals surface area contributed by atoms with Gasteiger partial charge in [0.1, 0.15) is 21.0 Å². The van der Waals surface area contributed by atoms with Gasteiger partial charge in [-0.05, 0) is 25.5 Å². The van der Waals surface area contributed by atoms with Crippen LogP contribution >= 0.6 is 11.3 Å². The van der Waals surface area contributed by atoms with Gasteiger partial charge in [-0.25, -0.2) is 9.78 Å². The molecule has 0 atom stereocenters. The predicted molar refractivity (Wildman–Crippen MR) is 92.9 cm³/mol. The Morgan fingerprint density at radius 2 is 2.31 bits per heavy atom. The van der Waals surface area contributed by atoms with Crippen LogP contribution in [0.3, 0.4) is 0 Å². The van der Waals surface area contributed by atoms with Gasteiger partial charge < -0.3 is 9.15 Å². The second kappa shape index (κ2) is 6.88. The van der Waals surface area contributed by atoms with Crippen molar-refractivity contribution >= 4 is 39.6 Å².